The summed E-state index contributed by atoms with van der Waals surface area (Å²) in [6.07, 6.45) is 1.54. The molecule has 0 saturated carbocycles. The lowest BCUT2D eigenvalue weighted by Crippen LogP contribution is -2.16. The summed E-state index contributed by atoms with van der Waals surface area (Å²) in [7, 11) is 1.49. The quantitative estimate of drug-likeness (QED) is 0.849. The van der Waals surface area contributed by atoms with Gasteiger partial charge in [0.15, 0.2) is 0 Å². The molecule has 0 fully saturated rings. The van der Waals surface area contributed by atoms with Crippen LogP contribution in [0.15, 0.2) is 18.3 Å². The minimum atomic E-state index is -0.461. The van der Waals surface area contributed by atoms with E-state index < -0.39 is 5.82 Å². The first-order chi connectivity index (χ1) is 9.21. The van der Waals surface area contributed by atoms with Gasteiger partial charge in [0.2, 0.25) is 5.88 Å². The molecule has 0 amide bonds. The Labute approximate surface area is 110 Å². The van der Waals surface area contributed by atoms with Crippen molar-refractivity contribution in [2.45, 2.75) is 12.3 Å². The number of aliphatic hydroxyl groups excluding tert-OH is 1. The van der Waals surface area contributed by atoms with E-state index in [1.165, 1.54) is 7.11 Å². The van der Waals surface area contributed by atoms with Gasteiger partial charge in [-0.05, 0) is 19.0 Å². The van der Waals surface area contributed by atoms with E-state index in [9.17, 15) is 4.39 Å². The fourth-order valence-corrected chi connectivity index (χ4v) is 2.08. The Morgan fingerprint density at radius 3 is 2.89 bits per heavy atom. The van der Waals surface area contributed by atoms with Crippen molar-refractivity contribution >= 4 is 11.0 Å². The van der Waals surface area contributed by atoms with Crippen LogP contribution in [0.5, 0.6) is 5.88 Å². The standard InChI is InChI=1S/C13H16FN3O2/c1-19-11-3-2-10-13(17-11)12(9(14)7-16-10)8(6-15)4-5-18/h2-3,7-8,18H,4-6,15H2,1H3. The molecule has 5 nitrogen and oxygen atoms in total. The molecule has 2 aromatic heterocycles. The van der Waals surface area contributed by atoms with Crippen molar-refractivity contribution in [3.8, 4) is 5.88 Å². The molecule has 6 heteroatoms. The second-order valence-corrected chi connectivity index (χ2v) is 4.19. The van der Waals surface area contributed by atoms with E-state index >= 15 is 0 Å². The molecule has 0 spiro atoms. The van der Waals surface area contributed by atoms with Crippen LogP contribution in [0.4, 0.5) is 4.39 Å². The largest absolute Gasteiger partial charge is 0.481 e. The molecule has 102 valence electrons. The van der Waals surface area contributed by atoms with E-state index in [0.29, 0.717) is 28.9 Å². The summed E-state index contributed by atoms with van der Waals surface area (Å²) in [5.41, 5.74) is 7.06. The van der Waals surface area contributed by atoms with Crippen LogP contribution >= 0.6 is 0 Å². The van der Waals surface area contributed by atoms with Gasteiger partial charge in [-0.25, -0.2) is 9.37 Å². The summed E-state index contributed by atoms with van der Waals surface area (Å²) in [6.45, 7) is 0.171. The number of halogens is 1. The van der Waals surface area contributed by atoms with Gasteiger partial charge in [0.25, 0.3) is 0 Å². The number of pyridine rings is 2. The summed E-state index contributed by atoms with van der Waals surface area (Å²) < 4.78 is 19.1. The van der Waals surface area contributed by atoms with Crippen LogP contribution in [0.1, 0.15) is 17.9 Å². The number of fused-ring (bicyclic) bond motifs is 1. The van der Waals surface area contributed by atoms with E-state index in [-0.39, 0.29) is 19.1 Å². The number of rotatable bonds is 5. The molecule has 0 aliphatic carbocycles. The number of hydrogen-bond donors (Lipinski definition) is 2. The van der Waals surface area contributed by atoms with E-state index in [1.54, 1.807) is 12.1 Å². The van der Waals surface area contributed by atoms with E-state index in [4.69, 9.17) is 15.6 Å². The topological polar surface area (TPSA) is 81.3 Å². The lowest BCUT2D eigenvalue weighted by Gasteiger charge is -2.16. The summed E-state index contributed by atoms with van der Waals surface area (Å²) in [6, 6.07) is 3.39. The van der Waals surface area contributed by atoms with Crippen LogP contribution in [-0.4, -0.2) is 35.3 Å². The van der Waals surface area contributed by atoms with Crippen molar-refractivity contribution in [3.63, 3.8) is 0 Å². The molecule has 0 bridgehead atoms. The maximum absolute atomic E-state index is 14.0. The average molecular weight is 265 g/mol. The number of methoxy groups -OCH3 is 1. The van der Waals surface area contributed by atoms with Crippen molar-refractivity contribution in [3.05, 3.63) is 29.7 Å². The summed E-state index contributed by atoms with van der Waals surface area (Å²) in [4.78, 5) is 8.24. The van der Waals surface area contributed by atoms with Crippen LogP contribution < -0.4 is 10.5 Å². The van der Waals surface area contributed by atoms with Crippen LogP contribution in [0, 0.1) is 5.82 Å². The maximum Gasteiger partial charge on any atom is 0.213 e. The van der Waals surface area contributed by atoms with Gasteiger partial charge in [-0.3, -0.25) is 4.98 Å². The molecule has 1 unspecified atom stereocenters. The van der Waals surface area contributed by atoms with Gasteiger partial charge in [-0.1, -0.05) is 0 Å². The third-order valence-corrected chi connectivity index (χ3v) is 3.06. The smallest absolute Gasteiger partial charge is 0.213 e. The first-order valence-electron chi connectivity index (χ1n) is 6.01. The highest BCUT2D eigenvalue weighted by molar-refractivity contribution is 5.79. The zero-order chi connectivity index (χ0) is 13.8. The van der Waals surface area contributed by atoms with Crippen molar-refractivity contribution in [1.29, 1.82) is 0 Å². The lowest BCUT2D eigenvalue weighted by molar-refractivity contribution is 0.275. The second kappa shape index (κ2) is 5.90. The SMILES string of the molecule is COc1ccc2ncc(F)c(C(CN)CCO)c2n1. The van der Waals surface area contributed by atoms with Gasteiger partial charge in [-0.15, -0.1) is 0 Å². The highest BCUT2D eigenvalue weighted by Crippen LogP contribution is 2.28. The molecule has 19 heavy (non-hydrogen) atoms. The van der Waals surface area contributed by atoms with Crippen LogP contribution in [0.25, 0.3) is 11.0 Å². The zero-order valence-electron chi connectivity index (χ0n) is 10.6. The number of nitrogens with two attached hydrogens (primary N) is 1. The maximum atomic E-state index is 14.0. The number of hydrogen-bond acceptors (Lipinski definition) is 5. The van der Waals surface area contributed by atoms with E-state index in [0.717, 1.165) is 6.20 Å². The molecule has 0 aromatic carbocycles. The molecule has 3 N–H and O–H groups in total. The van der Waals surface area contributed by atoms with E-state index in [2.05, 4.69) is 9.97 Å². The summed E-state index contributed by atoms with van der Waals surface area (Å²) in [5, 5.41) is 9.05. The third-order valence-electron chi connectivity index (χ3n) is 3.06. The van der Waals surface area contributed by atoms with Gasteiger partial charge in [0.05, 0.1) is 24.3 Å². The van der Waals surface area contributed by atoms with Gasteiger partial charge < -0.3 is 15.6 Å². The Kier molecular flexibility index (Phi) is 4.24. The lowest BCUT2D eigenvalue weighted by atomic mass is 9.95. The Morgan fingerprint density at radius 2 is 2.26 bits per heavy atom. The highest BCUT2D eigenvalue weighted by Gasteiger charge is 2.19. The predicted molar refractivity (Wildman–Crippen MR) is 69.5 cm³/mol. The third kappa shape index (κ3) is 2.64. The summed E-state index contributed by atoms with van der Waals surface area (Å²) >= 11 is 0. The van der Waals surface area contributed by atoms with Crippen LogP contribution in [0.3, 0.4) is 0 Å². The molecular formula is C13H16FN3O2. The fraction of sp³-hybridized carbons (Fsp3) is 0.385. The first kappa shape index (κ1) is 13.6. The van der Waals surface area contributed by atoms with Crippen LogP contribution in [0.2, 0.25) is 0 Å². The number of aromatic nitrogens is 2. The van der Waals surface area contributed by atoms with Crippen molar-refractivity contribution in [2.75, 3.05) is 20.3 Å². The van der Waals surface area contributed by atoms with Crippen molar-refractivity contribution in [1.82, 2.24) is 9.97 Å². The second-order valence-electron chi connectivity index (χ2n) is 4.19. The molecule has 2 rings (SSSR count). The molecule has 2 aromatic rings. The Morgan fingerprint density at radius 1 is 1.47 bits per heavy atom. The normalized spacial score (nSPS) is 12.6. The first-order valence-corrected chi connectivity index (χ1v) is 6.01. The van der Waals surface area contributed by atoms with Gasteiger partial charge in [-0.2, -0.15) is 0 Å². The Bertz CT molecular complexity index is 577. The molecule has 2 heterocycles. The minimum Gasteiger partial charge on any atom is -0.481 e. The highest BCUT2D eigenvalue weighted by atomic mass is 19.1. The number of ether oxygens (including phenoxy) is 1. The molecule has 0 radical (unpaired) electrons. The summed E-state index contributed by atoms with van der Waals surface area (Å²) in [5.74, 6) is -0.367. The Hall–Kier alpha value is -1.79. The molecular weight excluding hydrogens is 249 g/mol. The van der Waals surface area contributed by atoms with Gasteiger partial charge in [0.1, 0.15) is 5.82 Å². The monoisotopic (exact) mass is 265 g/mol. The molecule has 0 aliphatic heterocycles. The Balaban J connectivity index is 2.64. The van der Waals surface area contributed by atoms with Gasteiger partial charge in [0, 0.05) is 24.2 Å². The molecule has 0 saturated heterocycles. The number of nitrogens with zero attached hydrogens (tertiary/aromatic N) is 2. The van der Waals surface area contributed by atoms with Crippen LogP contribution in [-0.2, 0) is 0 Å². The van der Waals surface area contributed by atoms with Gasteiger partial charge >= 0.3 is 0 Å². The van der Waals surface area contributed by atoms with E-state index in [1.807, 2.05) is 0 Å². The molecule has 1 atom stereocenters. The fourth-order valence-electron chi connectivity index (χ4n) is 2.08. The minimum absolute atomic E-state index is 0.0604. The molecule has 0 aliphatic rings. The van der Waals surface area contributed by atoms with Crippen molar-refractivity contribution < 1.29 is 14.2 Å². The van der Waals surface area contributed by atoms with Crippen molar-refractivity contribution in [2.24, 2.45) is 5.73 Å². The zero-order valence-corrected chi connectivity index (χ0v) is 10.6. The number of aliphatic hydroxyl groups is 1. The predicted octanol–water partition coefficient (Wildman–Crippen LogP) is 1.20. The average Bonchev–Trinajstić information content (AvgIpc) is 2.44.